The number of nitrogens with one attached hydrogen (secondary N) is 2. The van der Waals surface area contributed by atoms with E-state index in [0.29, 0.717) is 16.9 Å². The first-order chi connectivity index (χ1) is 15.8. The van der Waals surface area contributed by atoms with Gasteiger partial charge in [-0.3, -0.25) is 9.52 Å². The van der Waals surface area contributed by atoms with Gasteiger partial charge in [-0.05, 0) is 66.4 Å². The fraction of sp³-hybridized carbons (Fsp3) is 0.0741. The highest BCUT2D eigenvalue weighted by atomic mass is 32.2. The van der Waals surface area contributed by atoms with Gasteiger partial charge in [0, 0.05) is 11.3 Å². The number of aryl methyl sites for hydroxylation is 2. The maximum absolute atomic E-state index is 13.0. The van der Waals surface area contributed by atoms with Gasteiger partial charge in [0.25, 0.3) is 15.9 Å². The second kappa shape index (κ2) is 9.30. The average Bonchev–Trinajstić information content (AvgIpc) is 2.82. The molecule has 4 aromatic carbocycles. The number of hydrogen-bond donors (Lipinski definition) is 2. The molecule has 0 aliphatic rings. The molecule has 0 aliphatic heterocycles. The van der Waals surface area contributed by atoms with Crippen molar-refractivity contribution in [1.82, 2.24) is 0 Å². The van der Waals surface area contributed by atoms with Gasteiger partial charge in [-0.1, -0.05) is 66.7 Å². The lowest BCUT2D eigenvalue weighted by Crippen LogP contribution is -2.15. The molecule has 0 atom stereocenters. The summed E-state index contributed by atoms with van der Waals surface area (Å²) in [5, 5.41) is 2.86. The summed E-state index contributed by atoms with van der Waals surface area (Å²) in [5.41, 5.74) is 5.09. The van der Waals surface area contributed by atoms with Gasteiger partial charge in [-0.2, -0.15) is 0 Å². The third-order valence-electron chi connectivity index (χ3n) is 5.40. The Kier molecular flexibility index (Phi) is 6.29. The lowest BCUT2D eigenvalue weighted by molar-refractivity contribution is 0.102. The fourth-order valence-corrected chi connectivity index (χ4v) is 4.84. The molecule has 166 valence electrons. The molecule has 0 unspecified atom stereocenters. The first-order valence-electron chi connectivity index (χ1n) is 10.5. The summed E-state index contributed by atoms with van der Waals surface area (Å²) >= 11 is 0. The van der Waals surface area contributed by atoms with Crippen LogP contribution in [0.5, 0.6) is 0 Å². The van der Waals surface area contributed by atoms with E-state index in [1.165, 1.54) is 12.1 Å². The van der Waals surface area contributed by atoms with Crippen LogP contribution in [0, 0.1) is 13.8 Å². The van der Waals surface area contributed by atoms with Crippen molar-refractivity contribution in [3.63, 3.8) is 0 Å². The Morgan fingerprint density at radius 2 is 1.30 bits per heavy atom. The van der Waals surface area contributed by atoms with Gasteiger partial charge >= 0.3 is 0 Å². The van der Waals surface area contributed by atoms with Crippen LogP contribution in [-0.2, 0) is 10.0 Å². The quantitative estimate of drug-likeness (QED) is 0.372. The minimum absolute atomic E-state index is 0.118. The van der Waals surface area contributed by atoms with Crippen molar-refractivity contribution in [2.45, 2.75) is 18.7 Å². The SMILES string of the molecule is Cc1cccc(C)c1NS(=O)(=O)c1ccc(NC(=O)c2ccccc2-c2ccccc2)cc1. The van der Waals surface area contributed by atoms with E-state index in [9.17, 15) is 13.2 Å². The van der Waals surface area contributed by atoms with E-state index in [4.69, 9.17) is 0 Å². The van der Waals surface area contributed by atoms with Crippen LogP contribution in [0.4, 0.5) is 11.4 Å². The summed E-state index contributed by atoms with van der Waals surface area (Å²) < 4.78 is 28.4. The van der Waals surface area contributed by atoms with Crippen molar-refractivity contribution in [3.05, 3.63) is 114 Å². The number of rotatable bonds is 6. The predicted molar refractivity (Wildman–Crippen MR) is 133 cm³/mol. The first-order valence-corrected chi connectivity index (χ1v) is 12.0. The highest BCUT2D eigenvalue weighted by Gasteiger charge is 2.17. The maximum Gasteiger partial charge on any atom is 0.261 e. The second-order valence-electron chi connectivity index (χ2n) is 7.76. The molecule has 0 radical (unpaired) electrons. The van der Waals surface area contributed by atoms with E-state index >= 15 is 0 Å². The van der Waals surface area contributed by atoms with Gasteiger partial charge in [-0.15, -0.1) is 0 Å². The summed E-state index contributed by atoms with van der Waals surface area (Å²) in [4.78, 5) is 13.1. The molecule has 4 rings (SSSR count). The van der Waals surface area contributed by atoms with E-state index in [-0.39, 0.29) is 10.8 Å². The summed E-state index contributed by atoms with van der Waals surface area (Å²) in [7, 11) is -3.76. The van der Waals surface area contributed by atoms with E-state index in [1.54, 1.807) is 18.2 Å². The average molecular weight is 457 g/mol. The van der Waals surface area contributed by atoms with Gasteiger partial charge in [-0.25, -0.2) is 8.42 Å². The third kappa shape index (κ3) is 4.96. The molecule has 5 nitrogen and oxygen atoms in total. The molecule has 0 aromatic heterocycles. The van der Waals surface area contributed by atoms with E-state index < -0.39 is 10.0 Å². The zero-order chi connectivity index (χ0) is 23.4. The van der Waals surface area contributed by atoms with Crippen molar-refractivity contribution >= 4 is 27.3 Å². The second-order valence-corrected chi connectivity index (χ2v) is 9.44. The van der Waals surface area contributed by atoms with Gasteiger partial charge in [0.05, 0.1) is 10.6 Å². The smallest absolute Gasteiger partial charge is 0.261 e. The van der Waals surface area contributed by atoms with Crippen molar-refractivity contribution in [2.24, 2.45) is 0 Å². The molecule has 2 N–H and O–H groups in total. The van der Waals surface area contributed by atoms with Crippen molar-refractivity contribution in [1.29, 1.82) is 0 Å². The molecule has 0 heterocycles. The van der Waals surface area contributed by atoms with Crippen LogP contribution >= 0.6 is 0 Å². The van der Waals surface area contributed by atoms with Gasteiger partial charge in [0.1, 0.15) is 0 Å². The lowest BCUT2D eigenvalue weighted by atomic mass is 9.99. The summed E-state index contributed by atoms with van der Waals surface area (Å²) in [6, 6.07) is 28.8. The Labute approximate surface area is 194 Å². The Bertz CT molecular complexity index is 1380. The fourth-order valence-electron chi connectivity index (χ4n) is 3.64. The summed E-state index contributed by atoms with van der Waals surface area (Å²) in [6.07, 6.45) is 0. The van der Waals surface area contributed by atoms with Crippen LogP contribution < -0.4 is 10.0 Å². The molecule has 33 heavy (non-hydrogen) atoms. The molecule has 6 heteroatoms. The number of carbonyl (C=O) groups is 1. The number of benzene rings is 4. The largest absolute Gasteiger partial charge is 0.322 e. The molecule has 0 aliphatic carbocycles. The van der Waals surface area contributed by atoms with Crippen LogP contribution in [0.15, 0.2) is 102 Å². The van der Waals surface area contributed by atoms with Crippen LogP contribution in [-0.4, -0.2) is 14.3 Å². The van der Waals surface area contributed by atoms with Crippen LogP contribution in [0.25, 0.3) is 11.1 Å². The van der Waals surface area contributed by atoms with Gasteiger partial charge < -0.3 is 5.32 Å². The molecule has 0 bridgehead atoms. The van der Waals surface area contributed by atoms with Crippen LogP contribution in [0.1, 0.15) is 21.5 Å². The molecular formula is C27H24N2O3S. The van der Waals surface area contributed by atoms with E-state index in [0.717, 1.165) is 22.3 Å². The predicted octanol–water partition coefficient (Wildman–Crippen LogP) is 6.02. The molecule has 0 saturated carbocycles. The van der Waals surface area contributed by atoms with Crippen LogP contribution in [0.3, 0.4) is 0 Å². The van der Waals surface area contributed by atoms with E-state index in [1.807, 2.05) is 80.6 Å². The Morgan fingerprint density at radius 1 is 0.697 bits per heavy atom. The number of hydrogen-bond acceptors (Lipinski definition) is 3. The molecule has 1 amide bonds. The van der Waals surface area contributed by atoms with Gasteiger partial charge in [0.15, 0.2) is 0 Å². The lowest BCUT2D eigenvalue weighted by Gasteiger charge is -2.14. The highest BCUT2D eigenvalue weighted by Crippen LogP contribution is 2.26. The minimum Gasteiger partial charge on any atom is -0.322 e. The minimum atomic E-state index is -3.76. The summed E-state index contributed by atoms with van der Waals surface area (Å²) in [6.45, 7) is 3.72. The van der Waals surface area contributed by atoms with Crippen molar-refractivity contribution < 1.29 is 13.2 Å². The third-order valence-corrected chi connectivity index (χ3v) is 6.76. The zero-order valence-electron chi connectivity index (χ0n) is 18.4. The number of sulfonamides is 1. The Hall–Kier alpha value is -3.90. The maximum atomic E-state index is 13.0. The highest BCUT2D eigenvalue weighted by molar-refractivity contribution is 7.92. The van der Waals surface area contributed by atoms with E-state index in [2.05, 4.69) is 10.0 Å². The standard InChI is InChI=1S/C27H24N2O3S/c1-19-9-8-10-20(2)26(19)29-33(31,32)23-17-15-22(16-18-23)28-27(30)25-14-7-6-13-24(25)21-11-4-3-5-12-21/h3-18,29H,1-2H3,(H,28,30). The molecule has 4 aromatic rings. The molecule has 0 saturated heterocycles. The van der Waals surface area contributed by atoms with Gasteiger partial charge in [0.2, 0.25) is 0 Å². The number of amides is 1. The molecule has 0 fully saturated rings. The molecule has 0 spiro atoms. The number of anilines is 2. The Balaban J connectivity index is 1.54. The zero-order valence-corrected chi connectivity index (χ0v) is 19.2. The summed E-state index contributed by atoms with van der Waals surface area (Å²) in [5.74, 6) is -0.265. The first kappa shape index (κ1) is 22.3. The monoisotopic (exact) mass is 456 g/mol. The van der Waals surface area contributed by atoms with Crippen LogP contribution in [0.2, 0.25) is 0 Å². The number of para-hydroxylation sites is 1. The van der Waals surface area contributed by atoms with Crippen molar-refractivity contribution in [2.75, 3.05) is 10.0 Å². The Morgan fingerprint density at radius 3 is 1.97 bits per heavy atom. The van der Waals surface area contributed by atoms with Crippen molar-refractivity contribution in [3.8, 4) is 11.1 Å². The normalized spacial score (nSPS) is 11.1. The molecular weight excluding hydrogens is 432 g/mol. The topological polar surface area (TPSA) is 75.3 Å². The number of carbonyl (C=O) groups excluding carboxylic acids is 1.